The molecule has 10 heteroatoms. The number of rotatable bonds is 13. The van der Waals surface area contributed by atoms with Crippen LogP contribution in [-0.4, -0.2) is 70.8 Å². The third-order valence-corrected chi connectivity index (χ3v) is 7.11. The van der Waals surface area contributed by atoms with Crippen LogP contribution in [0.4, 0.5) is 5.69 Å². The molecule has 0 fully saturated rings. The van der Waals surface area contributed by atoms with Crippen LogP contribution in [0.5, 0.6) is 11.5 Å². The summed E-state index contributed by atoms with van der Waals surface area (Å²) >= 11 is 0. The van der Waals surface area contributed by atoms with E-state index in [1.54, 1.807) is 19.1 Å². The second-order valence-electron chi connectivity index (χ2n) is 8.62. The summed E-state index contributed by atoms with van der Waals surface area (Å²) in [5, 5.41) is 2.91. The number of hydrogen-bond acceptors (Lipinski definition) is 6. The number of nitrogens with one attached hydrogen (secondary N) is 1. The lowest BCUT2D eigenvalue weighted by molar-refractivity contribution is -0.139. The summed E-state index contributed by atoms with van der Waals surface area (Å²) in [7, 11) is -1.01. The average molecular weight is 520 g/mol. The minimum atomic E-state index is -3.89. The highest BCUT2D eigenvalue weighted by Crippen LogP contribution is 2.33. The van der Waals surface area contributed by atoms with Crippen molar-refractivity contribution in [1.29, 1.82) is 0 Å². The number of hydrogen-bond donors (Lipinski definition) is 1. The van der Waals surface area contributed by atoms with Gasteiger partial charge in [-0.05, 0) is 44.4 Å². The van der Waals surface area contributed by atoms with Crippen LogP contribution in [0, 0.1) is 0 Å². The van der Waals surface area contributed by atoms with Gasteiger partial charge in [0.2, 0.25) is 21.8 Å². The zero-order valence-corrected chi connectivity index (χ0v) is 22.7. The van der Waals surface area contributed by atoms with Gasteiger partial charge in [-0.25, -0.2) is 8.42 Å². The van der Waals surface area contributed by atoms with E-state index in [0.29, 0.717) is 12.2 Å². The maximum absolute atomic E-state index is 13.6. The van der Waals surface area contributed by atoms with Crippen LogP contribution in [0.3, 0.4) is 0 Å². The van der Waals surface area contributed by atoms with Crippen LogP contribution in [0.1, 0.15) is 32.8 Å². The van der Waals surface area contributed by atoms with Gasteiger partial charge < -0.3 is 19.7 Å². The topological polar surface area (TPSA) is 105 Å². The second-order valence-corrected chi connectivity index (χ2v) is 10.5. The molecule has 2 rings (SSSR count). The largest absolute Gasteiger partial charge is 0.497 e. The quantitative estimate of drug-likeness (QED) is 0.436. The summed E-state index contributed by atoms with van der Waals surface area (Å²) < 4.78 is 37.2. The molecule has 2 atom stereocenters. The van der Waals surface area contributed by atoms with E-state index >= 15 is 0 Å². The first-order chi connectivity index (χ1) is 17.0. The van der Waals surface area contributed by atoms with Gasteiger partial charge in [-0.1, -0.05) is 37.3 Å². The first-order valence-corrected chi connectivity index (χ1v) is 13.7. The molecule has 2 aromatic rings. The minimum Gasteiger partial charge on any atom is -0.497 e. The summed E-state index contributed by atoms with van der Waals surface area (Å²) in [4.78, 5) is 28.0. The Morgan fingerprint density at radius 3 is 2.25 bits per heavy atom. The molecular weight excluding hydrogens is 482 g/mol. The Balaban J connectivity index is 2.40. The van der Waals surface area contributed by atoms with E-state index in [-0.39, 0.29) is 29.9 Å². The predicted octanol–water partition coefficient (Wildman–Crippen LogP) is 2.84. The van der Waals surface area contributed by atoms with Crippen LogP contribution >= 0.6 is 0 Å². The van der Waals surface area contributed by atoms with Crippen molar-refractivity contribution in [1.82, 2.24) is 10.2 Å². The predicted molar refractivity (Wildman–Crippen MR) is 141 cm³/mol. The van der Waals surface area contributed by atoms with Gasteiger partial charge in [-0.15, -0.1) is 0 Å². The lowest BCUT2D eigenvalue weighted by Crippen LogP contribution is -2.53. The zero-order valence-electron chi connectivity index (χ0n) is 21.9. The molecule has 0 bridgehead atoms. The van der Waals surface area contributed by atoms with Gasteiger partial charge in [0.25, 0.3) is 0 Å². The van der Waals surface area contributed by atoms with Gasteiger partial charge in [-0.2, -0.15) is 0 Å². The first-order valence-electron chi connectivity index (χ1n) is 11.8. The van der Waals surface area contributed by atoms with Crippen LogP contribution in [0.25, 0.3) is 0 Å². The SMILES string of the molecule is CC[C@@H](C)NC(=O)[C@H](C)N(CCc1ccccc1)C(=O)CN(c1cc(OC)ccc1OC)S(C)(=O)=O. The summed E-state index contributed by atoms with van der Waals surface area (Å²) in [6.45, 7) is 5.24. The Labute approximate surface area is 214 Å². The van der Waals surface area contributed by atoms with E-state index in [1.165, 1.54) is 25.2 Å². The Bertz CT molecular complexity index is 1120. The number of carbonyl (C=O) groups excluding carboxylic acids is 2. The number of methoxy groups -OCH3 is 2. The molecule has 0 aliphatic heterocycles. The highest BCUT2D eigenvalue weighted by Gasteiger charge is 2.31. The number of ether oxygens (including phenoxy) is 2. The molecule has 0 saturated heterocycles. The number of sulfonamides is 1. The molecular formula is C26H37N3O6S. The van der Waals surface area contributed by atoms with E-state index < -0.39 is 28.5 Å². The molecule has 0 unspecified atom stereocenters. The second kappa shape index (κ2) is 13.2. The van der Waals surface area contributed by atoms with E-state index in [4.69, 9.17) is 9.47 Å². The van der Waals surface area contributed by atoms with E-state index in [9.17, 15) is 18.0 Å². The average Bonchev–Trinajstić information content (AvgIpc) is 2.86. The van der Waals surface area contributed by atoms with Crippen molar-refractivity contribution in [3.63, 3.8) is 0 Å². The van der Waals surface area contributed by atoms with E-state index in [2.05, 4.69) is 5.32 Å². The smallest absolute Gasteiger partial charge is 0.244 e. The lowest BCUT2D eigenvalue weighted by atomic mass is 10.1. The zero-order chi connectivity index (χ0) is 26.9. The van der Waals surface area contributed by atoms with Gasteiger partial charge in [0.05, 0.1) is 26.2 Å². The van der Waals surface area contributed by atoms with Crippen molar-refractivity contribution < 1.29 is 27.5 Å². The Kier molecular flexibility index (Phi) is 10.6. The molecule has 2 aromatic carbocycles. The molecule has 0 aromatic heterocycles. The molecule has 0 aliphatic rings. The molecule has 1 N–H and O–H groups in total. The summed E-state index contributed by atoms with van der Waals surface area (Å²) in [6.07, 6.45) is 2.27. The monoisotopic (exact) mass is 519 g/mol. The molecule has 0 aliphatic carbocycles. The Hall–Kier alpha value is -3.27. The molecule has 0 heterocycles. The van der Waals surface area contributed by atoms with Gasteiger partial charge >= 0.3 is 0 Å². The number of carbonyl (C=O) groups is 2. The minimum absolute atomic E-state index is 0.0559. The fraction of sp³-hybridized carbons (Fsp3) is 0.462. The van der Waals surface area contributed by atoms with Crippen molar-refractivity contribution >= 4 is 27.5 Å². The summed E-state index contributed by atoms with van der Waals surface area (Å²) in [5.41, 5.74) is 1.17. The fourth-order valence-corrected chi connectivity index (χ4v) is 4.47. The molecule has 36 heavy (non-hydrogen) atoms. The number of amides is 2. The summed E-state index contributed by atoms with van der Waals surface area (Å²) in [5.74, 6) is -0.120. The third-order valence-electron chi connectivity index (χ3n) is 5.99. The molecule has 0 saturated carbocycles. The van der Waals surface area contributed by atoms with Crippen LogP contribution in [0.2, 0.25) is 0 Å². The highest BCUT2D eigenvalue weighted by molar-refractivity contribution is 7.92. The van der Waals surface area contributed by atoms with Crippen molar-refractivity contribution in [2.24, 2.45) is 0 Å². The highest BCUT2D eigenvalue weighted by atomic mass is 32.2. The van der Waals surface area contributed by atoms with Crippen molar-refractivity contribution in [2.75, 3.05) is 37.9 Å². The standard InChI is InChI=1S/C26H37N3O6S/c1-7-19(2)27-26(31)20(3)28(16-15-21-11-9-8-10-12-21)25(30)18-29(36(6,32)33)23-17-22(34-4)13-14-24(23)35-5/h8-14,17,19-20H,7,15-16,18H2,1-6H3,(H,27,31)/t19-,20+/m1/s1. The van der Waals surface area contributed by atoms with Crippen molar-refractivity contribution in [2.45, 2.75) is 45.7 Å². The van der Waals surface area contributed by atoms with Crippen molar-refractivity contribution in [3.05, 3.63) is 54.1 Å². The van der Waals surface area contributed by atoms with Gasteiger partial charge in [0.1, 0.15) is 24.1 Å². The van der Waals surface area contributed by atoms with Crippen LogP contribution in [0.15, 0.2) is 48.5 Å². The maximum atomic E-state index is 13.6. The number of anilines is 1. The number of nitrogens with zero attached hydrogens (tertiary/aromatic N) is 2. The lowest BCUT2D eigenvalue weighted by Gasteiger charge is -2.32. The van der Waals surface area contributed by atoms with Crippen LogP contribution < -0.4 is 19.1 Å². The maximum Gasteiger partial charge on any atom is 0.244 e. The molecule has 2 amide bonds. The van der Waals surface area contributed by atoms with Gasteiger partial charge in [0.15, 0.2) is 0 Å². The van der Waals surface area contributed by atoms with Gasteiger partial charge in [-0.3, -0.25) is 13.9 Å². The number of benzene rings is 2. The third kappa shape index (κ3) is 7.87. The Morgan fingerprint density at radius 1 is 1.03 bits per heavy atom. The van der Waals surface area contributed by atoms with Crippen molar-refractivity contribution in [3.8, 4) is 11.5 Å². The molecule has 9 nitrogen and oxygen atoms in total. The normalized spacial score (nSPS) is 12.8. The molecule has 0 radical (unpaired) electrons. The Morgan fingerprint density at radius 2 is 1.69 bits per heavy atom. The van der Waals surface area contributed by atoms with E-state index in [1.807, 2.05) is 44.2 Å². The van der Waals surface area contributed by atoms with Crippen LogP contribution in [-0.2, 0) is 26.0 Å². The van der Waals surface area contributed by atoms with E-state index in [0.717, 1.165) is 22.5 Å². The van der Waals surface area contributed by atoms with Gasteiger partial charge in [0, 0.05) is 18.7 Å². The summed E-state index contributed by atoms with van der Waals surface area (Å²) in [6, 6.07) is 13.4. The molecule has 0 spiro atoms. The molecule has 198 valence electrons. The fourth-order valence-electron chi connectivity index (χ4n) is 3.62. The first kappa shape index (κ1) is 29.0.